The lowest BCUT2D eigenvalue weighted by Gasteiger charge is -2.28. The third kappa shape index (κ3) is 5.79. The molecule has 3 rings (SSSR count). The summed E-state index contributed by atoms with van der Waals surface area (Å²) in [6.45, 7) is 2.17. The number of alkyl halides is 5. The fourth-order valence-electron chi connectivity index (χ4n) is 4.35. The lowest BCUT2D eigenvalue weighted by Crippen LogP contribution is -2.29. The van der Waals surface area contributed by atoms with Gasteiger partial charge in [-0.2, -0.15) is 8.78 Å². The molecule has 2 aromatic rings. The summed E-state index contributed by atoms with van der Waals surface area (Å²) in [6.07, 6.45) is -4.10. The van der Waals surface area contributed by atoms with Crippen LogP contribution < -0.4 is 0 Å². The van der Waals surface area contributed by atoms with E-state index in [4.69, 9.17) is 0 Å². The molecular formula is C23H23F7O. The maximum atomic E-state index is 14.2. The molecule has 1 aliphatic rings. The Bertz CT molecular complexity index is 859. The van der Waals surface area contributed by atoms with E-state index in [0.29, 0.717) is 23.6 Å². The molecule has 0 aromatic heterocycles. The van der Waals surface area contributed by atoms with Gasteiger partial charge in [-0.25, -0.2) is 13.5 Å². The second-order valence-corrected chi connectivity index (χ2v) is 8.01. The number of hydrogen-bond acceptors (Lipinski definition) is 1. The van der Waals surface area contributed by atoms with Crippen LogP contribution in [0.3, 0.4) is 0 Å². The van der Waals surface area contributed by atoms with Gasteiger partial charge in [0.15, 0.2) is 0 Å². The van der Waals surface area contributed by atoms with Crippen molar-refractivity contribution in [2.24, 2.45) is 5.92 Å². The van der Waals surface area contributed by atoms with Gasteiger partial charge in [0.1, 0.15) is 17.2 Å². The molecule has 0 aliphatic heterocycles. The topological polar surface area (TPSA) is 9.23 Å². The molecule has 31 heavy (non-hydrogen) atoms. The van der Waals surface area contributed by atoms with Gasteiger partial charge in [-0.15, -0.1) is 13.2 Å². The van der Waals surface area contributed by atoms with Gasteiger partial charge in [0.2, 0.25) is 0 Å². The van der Waals surface area contributed by atoms with Crippen LogP contribution in [0.4, 0.5) is 30.7 Å². The Morgan fingerprint density at radius 1 is 0.839 bits per heavy atom. The zero-order chi connectivity index (χ0) is 22.8. The molecule has 0 amide bonds. The molecule has 0 unspecified atom stereocenters. The summed E-state index contributed by atoms with van der Waals surface area (Å²) in [5, 5.41) is 0. The fourth-order valence-corrected chi connectivity index (χ4v) is 4.35. The van der Waals surface area contributed by atoms with E-state index in [2.05, 4.69) is 11.7 Å². The lowest BCUT2D eigenvalue weighted by atomic mass is 9.77. The normalized spacial score (nSPS) is 20.1. The van der Waals surface area contributed by atoms with Gasteiger partial charge in [0.05, 0.1) is 0 Å². The largest absolute Gasteiger partial charge is 0.527 e. The highest BCUT2D eigenvalue weighted by Crippen LogP contribution is 2.41. The van der Waals surface area contributed by atoms with E-state index in [9.17, 15) is 30.7 Å². The number of ether oxygens (including phenoxy) is 1. The van der Waals surface area contributed by atoms with Crippen LogP contribution >= 0.6 is 0 Å². The number of halogens is 7. The molecule has 1 saturated carbocycles. The van der Waals surface area contributed by atoms with Gasteiger partial charge < -0.3 is 0 Å². The molecular weight excluding hydrogens is 425 g/mol. The molecule has 8 heteroatoms. The molecule has 0 N–H and O–H groups in total. The van der Waals surface area contributed by atoms with Crippen LogP contribution in [-0.2, 0) is 10.8 Å². The second-order valence-electron chi connectivity index (χ2n) is 8.01. The maximum absolute atomic E-state index is 14.2. The van der Waals surface area contributed by atoms with Gasteiger partial charge in [-0.3, -0.25) is 0 Å². The van der Waals surface area contributed by atoms with Crippen LogP contribution in [0.1, 0.15) is 62.5 Å². The third-order valence-corrected chi connectivity index (χ3v) is 5.84. The van der Waals surface area contributed by atoms with Gasteiger partial charge in [-0.05, 0) is 66.3 Å². The molecule has 2 aromatic carbocycles. The van der Waals surface area contributed by atoms with Crippen LogP contribution in [0, 0.1) is 17.6 Å². The molecule has 0 radical (unpaired) electrons. The average Bonchev–Trinajstić information content (AvgIpc) is 2.66. The molecule has 170 valence electrons. The summed E-state index contributed by atoms with van der Waals surface area (Å²) < 4.78 is 94.6. The minimum Gasteiger partial charge on any atom is -0.222 e. The summed E-state index contributed by atoms with van der Waals surface area (Å²) in [4.78, 5) is 0. The SMILES string of the molecule is CCCC1CCC(c2ccc(-c3cc(F)c(C(F)(F)OC(F)(F)F)c(F)c3)cc2)CC1. The number of hydrogen-bond donors (Lipinski definition) is 0. The quantitative estimate of drug-likeness (QED) is 0.404. The van der Waals surface area contributed by atoms with E-state index in [0.717, 1.165) is 37.2 Å². The summed E-state index contributed by atoms with van der Waals surface area (Å²) in [7, 11) is 0. The first-order valence-corrected chi connectivity index (χ1v) is 10.2. The smallest absolute Gasteiger partial charge is 0.222 e. The van der Waals surface area contributed by atoms with E-state index < -0.39 is 29.7 Å². The average molecular weight is 448 g/mol. The fraction of sp³-hybridized carbons (Fsp3) is 0.478. The Morgan fingerprint density at radius 2 is 1.39 bits per heavy atom. The van der Waals surface area contributed by atoms with Gasteiger partial charge in [0.25, 0.3) is 0 Å². The predicted molar refractivity (Wildman–Crippen MR) is 102 cm³/mol. The Hall–Kier alpha value is -2.09. The van der Waals surface area contributed by atoms with E-state index >= 15 is 0 Å². The Kier molecular flexibility index (Phi) is 6.98. The van der Waals surface area contributed by atoms with E-state index in [1.165, 1.54) is 12.8 Å². The maximum Gasteiger partial charge on any atom is 0.527 e. The highest BCUT2D eigenvalue weighted by atomic mass is 19.4. The monoisotopic (exact) mass is 448 g/mol. The Labute approximate surface area is 176 Å². The predicted octanol–water partition coefficient (Wildman–Crippen LogP) is 8.29. The lowest BCUT2D eigenvalue weighted by molar-refractivity contribution is -0.432. The van der Waals surface area contributed by atoms with Crippen LogP contribution in [0.5, 0.6) is 0 Å². The number of rotatable bonds is 6. The van der Waals surface area contributed by atoms with Crippen molar-refractivity contribution in [2.45, 2.75) is 63.8 Å². The van der Waals surface area contributed by atoms with Crippen LogP contribution in [-0.4, -0.2) is 6.36 Å². The van der Waals surface area contributed by atoms with Crippen molar-refractivity contribution in [2.75, 3.05) is 0 Å². The highest BCUT2D eigenvalue weighted by Gasteiger charge is 2.49. The third-order valence-electron chi connectivity index (χ3n) is 5.84. The van der Waals surface area contributed by atoms with Gasteiger partial charge >= 0.3 is 12.5 Å². The minimum atomic E-state index is -5.76. The molecule has 0 saturated heterocycles. The first kappa shape index (κ1) is 23.6. The first-order valence-electron chi connectivity index (χ1n) is 10.2. The second kappa shape index (κ2) is 9.18. The van der Waals surface area contributed by atoms with Crippen molar-refractivity contribution in [3.8, 4) is 11.1 Å². The zero-order valence-electron chi connectivity index (χ0n) is 16.9. The highest BCUT2D eigenvalue weighted by molar-refractivity contribution is 5.64. The standard InChI is InChI=1S/C23H23F7O/c1-2-3-14-4-6-15(7-5-14)16-8-10-17(11-9-16)18-12-19(24)21(20(25)13-18)22(26,27)31-23(28,29)30/h8-15H,2-7H2,1H3. The molecule has 1 aliphatic carbocycles. The van der Waals surface area contributed by atoms with Gasteiger partial charge in [-0.1, -0.05) is 44.0 Å². The van der Waals surface area contributed by atoms with E-state index in [-0.39, 0.29) is 5.56 Å². The van der Waals surface area contributed by atoms with E-state index in [1.807, 2.05) is 12.1 Å². The molecule has 0 atom stereocenters. The number of benzene rings is 2. The Balaban J connectivity index is 1.78. The van der Waals surface area contributed by atoms with Crippen LogP contribution in [0.2, 0.25) is 0 Å². The first-order chi connectivity index (χ1) is 14.5. The molecule has 1 fully saturated rings. The summed E-state index contributed by atoms with van der Waals surface area (Å²) in [5.41, 5.74) is -0.664. The van der Waals surface area contributed by atoms with Crippen LogP contribution in [0.25, 0.3) is 11.1 Å². The summed E-state index contributed by atoms with van der Waals surface area (Å²) in [5.74, 6) is -2.48. The summed E-state index contributed by atoms with van der Waals surface area (Å²) in [6, 6.07) is 8.10. The van der Waals surface area contributed by atoms with Crippen molar-refractivity contribution in [3.63, 3.8) is 0 Å². The molecule has 0 heterocycles. The van der Waals surface area contributed by atoms with Crippen LogP contribution in [0.15, 0.2) is 36.4 Å². The van der Waals surface area contributed by atoms with Gasteiger partial charge in [0, 0.05) is 0 Å². The van der Waals surface area contributed by atoms with Crippen molar-refractivity contribution < 1.29 is 35.5 Å². The molecule has 1 nitrogen and oxygen atoms in total. The Morgan fingerprint density at radius 3 is 1.87 bits per heavy atom. The van der Waals surface area contributed by atoms with Crippen molar-refractivity contribution in [3.05, 3.63) is 59.2 Å². The summed E-state index contributed by atoms with van der Waals surface area (Å²) >= 11 is 0. The molecule has 0 spiro atoms. The zero-order valence-corrected chi connectivity index (χ0v) is 16.9. The minimum absolute atomic E-state index is 0.0558. The van der Waals surface area contributed by atoms with E-state index in [1.54, 1.807) is 12.1 Å². The molecule has 0 bridgehead atoms. The van der Waals surface area contributed by atoms with Crippen molar-refractivity contribution in [1.29, 1.82) is 0 Å². The van der Waals surface area contributed by atoms with Crippen molar-refractivity contribution >= 4 is 0 Å². The van der Waals surface area contributed by atoms with Crippen molar-refractivity contribution in [1.82, 2.24) is 0 Å².